The van der Waals surface area contributed by atoms with Gasteiger partial charge in [0.15, 0.2) is 0 Å². The van der Waals surface area contributed by atoms with Crippen molar-refractivity contribution in [2.24, 2.45) is 0 Å². The van der Waals surface area contributed by atoms with E-state index in [1.165, 1.54) is 12.1 Å². The Morgan fingerprint density at radius 1 is 1.19 bits per heavy atom. The molecule has 0 bridgehead atoms. The molecule has 1 aromatic carbocycles. The molecule has 0 fully saturated rings. The van der Waals surface area contributed by atoms with E-state index in [1.807, 2.05) is 26.0 Å². The van der Waals surface area contributed by atoms with Gasteiger partial charge in [0, 0.05) is 24.5 Å². The van der Waals surface area contributed by atoms with E-state index < -0.39 is 11.7 Å². The van der Waals surface area contributed by atoms with Crippen LogP contribution in [0.5, 0.6) is 0 Å². The van der Waals surface area contributed by atoms with Gasteiger partial charge in [0.1, 0.15) is 0 Å². The standard InChI is InChI=1S/C16H17F3N2/c1-11-6-7-13(9-20-11)10-21-12(2)14-4-3-5-15(8-14)16(17,18)19/h3-9,12,21H,10H2,1-2H3. The Morgan fingerprint density at radius 3 is 2.57 bits per heavy atom. The summed E-state index contributed by atoms with van der Waals surface area (Å²) in [5.74, 6) is 0. The van der Waals surface area contributed by atoms with Gasteiger partial charge in [0.2, 0.25) is 0 Å². The van der Waals surface area contributed by atoms with Crippen LogP contribution in [0.4, 0.5) is 13.2 Å². The third-order valence-corrected chi connectivity index (χ3v) is 3.30. The zero-order valence-electron chi connectivity index (χ0n) is 11.9. The molecule has 0 spiro atoms. The summed E-state index contributed by atoms with van der Waals surface area (Å²) in [6, 6.07) is 9.09. The molecule has 0 aliphatic heterocycles. The fraction of sp³-hybridized carbons (Fsp3) is 0.312. The van der Waals surface area contributed by atoms with Gasteiger partial charge in [-0.05, 0) is 43.2 Å². The number of benzene rings is 1. The van der Waals surface area contributed by atoms with Crippen LogP contribution in [0.2, 0.25) is 0 Å². The second-order valence-corrected chi connectivity index (χ2v) is 5.03. The van der Waals surface area contributed by atoms with Crippen molar-refractivity contribution in [1.29, 1.82) is 0 Å². The van der Waals surface area contributed by atoms with Crippen molar-refractivity contribution in [3.63, 3.8) is 0 Å². The smallest absolute Gasteiger partial charge is 0.306 e. The van der Waals surface area contributed by atoms with Gasteiger partial charge in [-0.25, -0.2) is 0 Å². The molecule has 21 heavy (non-hydrogen) atoms. The van der Waals surface area contributed by atoms with Crippen LogP contribution < -0.4 is 5.32 Å². The van der Waals surface area contributed by atoms with Gasteiger partial charge >= 0.3 is 6.18 Å². The first-order valence-corrected chi connectivity index (χ1v) is 6.68. The third kappa shape index (κ3) is 4.29. The maximum absolute atomic E-state index is 12.7. The Labute approximate surface area is 122 Å². The quantitative estimate of drug-likeness (QED) is 0.911. The van der Waals surface area contributed by atoms with Gasteiger partial charge in [-0.2, -0.15) is 13.2 Å². The molecule has 0 radical (unpaired) electrons. The maximum Gasteiger partial charge on any atom is 0.416 e. The van der Waals surface area contributed by atoms with Crippen LogP contribution in [0.25, 0.3) is 0 Å². The highest BCUT2D eigenvalue weighted by molar-refractivity contribution is 5.27. The Balaban J connectivity index is 2.03. The van der Waals surface area contributed by atoms with E-state index in [-0.39, 0.29) is 6.04 Å². The minimum Gasteiger partial charge on any atom is -0.306 e. The van der Waals surface area contributed by atoms with Crippen LogP contribution in [0.1, 0.15) is 35.3 Å². The van der Waals surface area contributed by atoms with Crippen molar-refractivity contribution in [1.82, 2.24) is 10.3 Å². The molecule has 0 aliphatic rings. The molecule has 2 aromatic rings. The molecule has 1 unspecified atom stereocenters. The largest absolute Gasteiger partial charge is 0.416 e. The van der Waals surface area contributed by atoms with Gasteiger partial charge in [0.25, 0.3) is 0 Å². The molecule has 0 aliphatic carbocycles. The van der Waals surface area contributed by atoms with Crippen molar-refractivity contribution >= 4 is 0 Å². The van der Waals surface area contributed by atoms with Crippen LogP contribution >= 0.6 is 0 Å². The third-order valence-electron chi connectivity index (χ3n) is 3.30. The lowest BCUT2D eigenvalue weighted by Crippen LogP contribution is -2.19. The first-order valence-electron chi connectivity index (χ1n) is 6.68. The summed E-state index contributed by atoms with van der Waals surface area (Å²) < 4.78 is 38.1. The number of pyridine rings is 1. The van der Waals surface area contributed by atoms with Crippen LogP contribution in [-0.2, 0) is 12.7 Å². The summed E-state index contributed by atoms with van der Waals surface area (Å²) in [5, 5.41) is 3.21. The van der Waals surface area contributed by atoms with Crippen LogP contribution in [0.15, 0.2) is 42.6 Å². The topological polar surface area (TPSA) is 24.9 Å². The van der Waals surface area contributed by atoms with Crippen LogP contribution in [0, 0.1) is 6.92 Å². The lowest BCUT2D eigenvalue weighted by Gasteiger charge is -2.16. The molecule has 1 heterocycles. The first kappa shape index (κ1) is 15.5. The molecule has 0 saturated heterocycles. The van der Waals surface area contributed by atoms with Crippen molar-refractivity contribution in [2.45, 2.75) is 32.6 Å². The van der Waals surface area contributed by atoms with Crippen molar-refractivity contribution in [3.8, 4) is 0 Å². The van der Waals surface area contributed by atoms with Gasteiger partial charge in [-0.3, -0.25) is 4.98 Å². The molecule has 0 amide bonds. The molecular formula is C16H17F3N2. The molecule has 1 atom stereocenters. The second-order valence-electron chi connectivity index (χ2n) is 5.03. The molecule has 1 aromatic heterocycles. The van der Waals surface area contributed by atoms with Gasteiger partial charge in [-0.1, -0.05) is 18.2 Å². The molecule has 2 rings (SSSR count). The first-order chi connectivity index (χ1) is 9.86. The summed E-state index contributed by atoms with van der Waals surface area (Å²) in [5.41, 5.74) is 1.93. The Kier molecular flexibility index (Phi) is 4.63. The average Bonchev–Trinajstić information content (AvgIpc) is 2.45. The Bertz CT molecular complexity index is 591. The van der Waals surface area contributed by atoms with E-state index in [9.17, 15) is 13.2 Å². The summed E-state index contributed by atoms with van der Waals surface area (Å²) in [4.78, 5) is 4.19. The number of nitrogens with zero attached hydrogens (tertiary/aromatic N) is 1. The lowest BCUT2D eigenvalue weighted by atomic mass is 10.0. The average molecular weight is 294 g/mol. The predicted molar refractivity (Wildman–Crippen MR) is 75.7 cm³/mol. The zero-order valence-corrected chi connectivity index (χ0v) is 11.9. The highest BCUT2D eigenvalue weighted by atomic mass is 19.4. The van der Waals surface area contributed by atoms with E-state index in [1.54, 1.807) is 12.3 Å². The number of hydrogen-bond donors (Lipinski definition) is 1. The van der Waals surface area contributed by atoms with E-state index in [0.29, 0.717) is 12.1 Å². The minimum atomic E-state index is -4.31. The number of aromatic nitrogens is 1. The molecule has 1 N–H and O–H groups in total. The molecular weight excluding hydrogens is 277 g/mol. The van der Waals surface area contributed by atoms with Crippen molar-refractivity contribution < 1.29 is 13.2 Å². The highest BCUT2D eigenvalue weighted by Crippen LogP contribution is 2.30. The highest BCUT2D eigenvalue weighted by Gasteiger charge is 2.30. The zero-order chi connectivity index (χ0) is 15.5. The van der Waals surface area contributed by atoms with E-state index in [0.717, 1.165) is 17.3 Å². The van der Waals surface area contributed by atoms with Crippen LogP contribution in [0.3, 0.4) is 0 Å². The SMILES string of the molecule is Cc1ccc(CNC(C)c2cccc(C(F)(F)F)c2)cn1. The molecule has 5 heteroatoms. The number of rotatable bonds is 4. The van der Waals surface area contributed by atoms with E-state index in [2.05, 4.69) is 10.3 Å². The number of halogens is 3. The number of hydrogen-bond acceptors (Lipinski definition) is 2. The number of alkyl halides is 3. The van der Waals surface area contributed by atoms with Crippen molar-refractivity contribution in [3.05, 3.63) is 65.0 Å². The molecule has 0 saturated carbocycles. The van der Waals surface area contributed by atoms with Gasteiger partial charge in [0.05, 0.1) is 5.56 Å². The predicted octanol–water partition coefficient (Wildman–Crippen LogP) is 4.26. The van der Waals surface area contributed by atoms with E-state index >= 15 is 0 Å². The molecule has 2 nitrogen and oxygen atoms in total. The lowest BCUT2D eigenvalue weighted by molar-refractivity contribution is -0.137. The summed E-state index contributed by atoms with van der Waals surface area (Å²) in [6.45, 7) is 4.31. The van der Waals surface area contributed by atoms with Crippen molar-refractivity contribution in [2.75, 3.05) is 0 Å². The summed E-state index contributed by atoms with van der Waals surface area (Å²) in [7, 11) is 0. The monoisotopic (exact) mass is 294 g/mol. The Hall–Kier alpha value is -1.88. The molecule has 112 valence electrons. The van der Waals surface area contributed by atoms with Gasteiger partial charge < -0.3 is 5.32 Å². The van der Waals surface area contributed by atoms with Gasteiger partial charge in [-0.15, -0.1) is 0 Å². The van der Waals surface area contributed by atoms with E-state index in [4.69, 9.17) is 0 Å². The number of aryl methyl sites for hydroxylation is 1. The second kappa shape index (κ2) is 6.26. The Morgan fingerprint density at radius 2 is 1.95 bits per heavy atom. The van der Waals surface area contributed by atoms with Crippen LogP contribution in [-0.4, -0.2) is 4.98 Å². The fourth-order valence-electron chi connectivity index (χ4n) is 1.98. The maximum atomic E-state index is 12.7. The fourth-order valence-corrected chi connectivity index (χ4v) is 1.98. The summed E-state index contributed by atoms with van der Waals surface area (Å²) in [6.07, 6.45) is -2.54. The minimum absolute atomic E-state index is 0.173. The number of nitrogens with one attached hydrogen (secondary N) is 1. The summed E-state index contributed by atoms with van der Waals surface area (Å²) >= 11 is 0. The normalized spacial score (nSPS) is 13.2.